The molecule has 8 nitrogen and oxygen atoms in total. The van der Waals surface area contributed by atoms with Crippen LogP contribution in [0.3, 0.4) is 0 Å². The van der Waals surface area contributed by atoms with Gasteiger partial charge in [0.25, 0.3) is 6.43 Å². The summed E-state index contributed by atoms with van der Waals surface area (Å²) >= 11 is 0. The predicted molar refractivity (Wildman–Crippen MR) is 117 cm³/mol. The van der Waals surface area contributed by atoms with Crippen molar-refractivity contribution in [1.82, 2.24) is 24.6 Å². The van der Waals surface area contributed by atoms with Gasteiger partial charge >= 0.3 is 0 Å². The van der Waals surface area contributed by atoms with Gasteiger partial charge in [0.05, 0.1) is 24.4 Å². The summed E-state index contributed by atoms with van der Waals surface area (Å²) in [6.07, 6.45) is -1.42. The molecule has 0 unspecified atom stereocenters. The van der Waals surface area contributed by atoms with Gasteiger partial charge in [0, 0.05) is 37.8 Å². The number of ether oxygens (including phenoxy) is 1. The van der Waals surface area contributed by atoms with Crippen molar-refractivity contribution in [3.8, 4) is 5.69 Å². The molecular weight excluding hydrogens is 454 g/mol. The second-order valence-electron chi connectivity index (χ2n) is 8.67. The van der Waals surface area contributed by atoms with E-state index < -0.39 is 18.1 Å². The fourth-order valence-corrected chi connectivity index (χ4v) is 4.17. The Morgan fingerprint density at radius 2 is 1.71 bits per heavy atom. The standard InChI is InChI=1S/C22H23F4N7O/c1-22(11-34-12-22)32-4-2-31(3-5-32)19-7-14(20(25)26)6-18(28-19)29-21-27-13-33(30-21)17-9-15(23)8-16(24)10-17/h6-10,13,20H,2-5,11-12H2,1H3,(H,28,29,30). The van der Waals surface area contributed by atoms with Crippen LogP contribution in [-0.2, 0) is 4.74 Å². The fourth-order valence-electron chi connectivity index (χ4n) is 4.17. The molecule has 4 heterocycles. The van der Waals surface area contributed by atoms with Crippen molar-refractivity contribution >= 4 is 17.6 Å². The minimum Gasteiger partial charge on any atom is -0.377 e. The molecule has 0 amide bonds. The lowest BCUT2D eigenvalue weighted by Gasteiger charge is -2.50. The maximum atomic E-state index is 13.6. The molecule has 3 aromatic rings. The van der Waals surface area contributed by atoms with Gasteiger partial charge in [-0.15, -0.1) is 5.10 Å². The largest absolute Gasteiger partial charge is 0.377 e. The molecule has 2 aliphatic heterocycles. The first-order valence-corrected chi connectivity index (χ1v) is 10.8. The average Bonchev–Trinajstić information content (AvgIpc) is 3.25. The maximum absolute atomic E-state index is 13.6. The highest BCUT2D eigenvalue weighted by Gasteiger charge is 2.40. The van der Waals surface area contributed by atoms with Gasteiger partial charge in [-0.3, -0.25) is 4.90 Å². The van der Waals surface area contributed by atoms with Crippen molar-refractivity contribution in [2.75, 3.05) is 49.6 Å². The van der Waals surface area contributed by atoms with E-state index in [0.29, 0.717) is 32.1 Å². The summed E-state index contributed by atoms with van der Waals surface area (Å²) < 4.78 is 60.8. The molecule has 0 saturated carbocycles. The first-order chi connectivity index (χ1) is 16.3. The van der Waals surface area contributed by atoms with Crippen LogP contribution in [0, 0.1) is 11.6 Å². The number of aromatic nitrogens is 4. The van der Waals surface area contributed by atoms with Crippen LogP contribution in [0.5, 0.6) is 0 Å². The van der Waals surface area contributed by atoms with Crippen LogP contribution in [0.2, 0.25) is 0 Å². The number of alkyl halides is 2. The van der Waals surface area contributed by atoms with E-state index >= 15 is 0 Å². The highest BCUT2D eigenvalue weighted by molar-refractivity contribution is 5.56. The third-order valence-corrected chi connectivity index (χ3v) is 6.12. The SMILES string of the molecule is CC1(N2CCN(c3cc(C(F)F)cc(Nc4ncn(-c5cc(F)cc(F)c5)n4)n3)CC2)COC1. The highest BCUT2D eigenvalue weighted by Crippen LogP contribution is 2.30. The number of rotatable bonds is 6. The number of hydrogen-bond acceptors (Lipinski definition) is 7. The highest BCUT2D eigenvalue weighted by atomic mass is 19.3. The Hall–Kier alpha value is -3.25. The Kier molecular flexibility index (Phi) is 5.86. The van der Waals surface area contributed by atoms with Gasteiger partial charge in [-0.2, -0.15) is 4.98 Å². The third-order valence-electron chi connectivity index (χ3n) is 6.12. The minimum absolute atomic E-state index is 0.0339. The molecular formula is C22H23F4N7O. The van der Waals surface area contributed by atoms with Crippen molar-refractivity contribution in [2.24, 2.45) is 0 Å². The monoisotopic (exact) mass is 477 g/mol. The van der Waals surface area contributed by atoms with Crippen molar-refractivity contribution in [3.05, 3.63) is 53.9 Å². The van der Waals surface area contributed by atoms with Gasteiger partial charge in [-0.1, -0.05) is 0 Å². The normalized spacial score (nSPS) is 18.2. The summed E-state index contributed by atoms with van der Waals surface area (Å²) in [6, 6.07) is 5.58. The topological polar surface area (TPSA) is 71.3 Å². The zero-order valence-electron chi connectivity index (χ0n) is 18.4. The number of piperazine rings is 1. The van der Waals surface area contributed by atoms with E-state index in [1.165, 1.54) is 23.1 Å². The van der Waals surface area contributed by atoms with Crippen molar-refractivity contribution in [3.63, 3.8) is 0 Å². The third kappa shape index (κ3) is 4.55. The van der Waals surface area contributed by atoms with Crippen LogP contribution in [0.4, 0.5) is 35.1 Å². The quantitative estimate of drug-likeness (QED) is 0.545. The molecule has 0 radical (unpaired) electrons. The average molecular weight is 477 g/mol. The van der Waals surface area contributed by atoms with Crippen LogP contribution in [0.15, 0.2) is 36.7 Å². The van der Waals surface area contributed by atoms with E-state index in [0.717, 1.165) is 31.3 Å². The van der Waals surface area contributed by atoms with E-state index in [4.69, 9.17) is 4.74 Å². The predicted octanol–water partition coefficient (Wildman–Crippen LogP) is 3.53. The lowest BCUT2D eigenvalue weighted by Crippen LogP contribution is -2.64. The van der Waals surface area contributed by atoms with Gasteiger partial charge in [0.15, 0.2) is 0 Å². The van der Waals surface area contributed by atoms with Crippen LogP contribution in [0.1, 0.15) is 18.9 Å². The van der Waals surface area contributed by atoms with Gasteiger partial charge in [-0.25, -0.2) is 27.2 Å². The van der Waals surface area contributed by atoms with Crippen molar-refractivity contribution in [2.45, 2.75) is 18.9 Å². The number of pyridine rings is 1. The maximum Gasteiger partial charge on any atom is 0.264 e. The van der Waals surface area contributed by atoms with E-state index in [2.05, 4.69) is 32.2 Å². The number of nitrogens with one attached hydrogen (secondary N) is 1. The molecule has 0 aliphatic carbocycles. The second-order valence-corrected chi connectivity index (χ2v) is 8.67. The van der Waals surface area contributed by atoms with Gasteiger partial charge in [0.2, 0.25) is 5.95 Å². The number of nitrogens with zero attached hydrogens (tertiary/aromatic N) is 6. The fraction of sp³-hybridized carbons (Fsp3) is 0.409. The number of hydrogen-bond donors (Lipinski definition) is 1. The Morgan fingerprint density at radius 3 is 2.32 bits per heavy atom. The Balaban J connectivity index is 1.34. The molecule has 34 heavy (non-hydrogen) atoms. The molecule has 1 N–H and O–H groups in total. The summed E-state index contributed by atoms with van der Waals surface area (Å²) in [7, 11) is 0. The van der Waals surface area contributed by atoms with Crippen LogP contribution in [-0.4, -0.2) is 69.6 Å². The Bertz CT molecular complexity index is 1160. The minimum atomic E-state index is -2.68. The molecule has 180 valence electrons. The molecule has 5 rings (SSSR count). The van der Waals surface area contributed by atoms with E-state index in [-0.39, 0.29) is 28.6 Å². The zero-order chi connectivity index (χ0) is 23.9. The summed E-state index contributed by atoms with van der Waals surface area (Å²) in [5, 5.41) is 6.95. The summed E-state index contributed by atoms with van der Waals surface area (Å²) in [5.74, 6) is -0.874. The molecule has 2 aliphatic rings. The van der Waals surface area contributed by atoms with E-state index in [1.807, 2.05) is 4.90 Å². The molecule has 2 aromatic heterocycles. The first kappa shape index (κ1) is 22.5. The Labute approximate surface area is 193 Å². The van der Waals surface area contributed by atoms with Gasteiger partial charge in [0.1, 0.15) is 29.6 Å². The van der Waals surface area contributed by atoms with Crippen LogP contribution < -0.4 is 10.2 Å². The van der Waals surface area contributed by atoms with Crippen LogP contribution >= 0.6 is 0 Å². The van der Waals surface area contributed by atoms with Gasteiger partial charge < -0.3 is 15.0 Å². The first-order valence-electron chi connectivity index (χ1n) is 10.8. The zero-order valence-corrected chi connectivity index (χ0v) is 18.4. The van der Waals surface area contributed by atoms with E-state index in [9.17, 15) is 17.6 Å². The molecule has 0 bridgehead atoms. The smallest absolute Gasteiger partial charge is 0.264 e. The second kappa shape index (κ2) is 8.84. The summed E-state index contributed by atoms with van der Waals surface area (Å²) in [4.78, 5) is 12.9. The number of halogens is 4. The van der Waals surface area contributed by atoms with Gasteiger partial charge in [-0.05, 0) is 31.2 Å². The molecule has 2 fully saturated rings. The summed E-state index contributed by atoms with van der Waals surface area (Å²) in [5.41, 5.74) is -0.0102. The van der Waals surface area contributed by atoms with Crippen molar-refractivity contribution < 1.29 is 22.3 Å². The molecule has 0 spiro atoms. The lowest BCUT2D eigenvalue weighted by atomic mass is 9.97. The molecule has 1 aromatic carbocycles. The number of anilines is 3. The molecule has 12 heteroatoms. The lowest BCUT2D eigenvalue weighted by molar-refractivity contribution is -0.131. The van der Waals surface area contributed by atoms with Crippen LogP contribution in [0.25, 0.3) is 5.69 Å². The summed E-state index contributed by atoms with van der Waals surface area (Å²) in [6.45, 7) is 6.40. The molecule has 2 saturated heterocycles. The molecule has 0 atom stereocenters. The number of benzene rings is 1. The Morgan fingerprint density at radius 1 is 1.00 bits per heavy atom. The van der Waals surface area contributed by atoms with Crippen molar-refractivity contribution in [1.29, 1.82) is 0 Å². The van der Waals surface area contributed by atoms with E-state index in [1.54, 1.807) is 0 Å².